The first-order valence-corrected chi connectivity index (χ1v) is 6.09. The van der Waals surface area contributed by atoms with Crippen molar-refractivity contribution in [1.29, 1.82) is 0 Å². The molecule has 0 aliphatic heterocycles. The van der Waals surface area contributed by atoms with E-state index < -0.39 is 8.24 Å². The van der Waals surface area contributed by atoms with Gasteiger partial charge in [-0.1, -0.05) is 0 Å². The molecular formula is C3H9NSiTi+2. The molecule has 32 valence electrons. The molecule has 0 unspecified atom stereocenters. The van der Waals surface area contributed by atoms with Gasteiger partial charge < -0.3 is 0 Å². The summed E-state index contributed by atoms with van der Waals surface area (Å²) >= 11 is 1.90. The Labute approximate surface area is 51.5 Å². The van der Waals surface area contributed by atoms with Crippen LogP contribution in [0.25, 0.3) is 0 Å². The third-order valence-electron chi connectivity index (χ3n) is 0.335. The molecule has 0 aromatic heterocycles. The van der Waals surface area contributed by atoms with E-state index in [1.165, 1.54) is 0 Å². The summed E-state index contributed by atoms with van der Waals surface area (Å²) in [6.07, 6.45) is 0. The van der Waals surface area contributed by atoms with Crippen LogP contribution >= 0.6 is 0 Å². The molecule has 0 rings (SSSR count). The van der Waals surface area contributed by atoms with Crippen molar-refractivity contribution in [3.05, 3.63) is 0 Å². The van der Waals surface area contributed by atoms with Crippen LogP contribution in [0.5, 0.6) is 0 Å². The van der Waals surface area contributed by atoms with Gasteiger partial charge in [0.15, 0.2) is 0 Å². The minimum atomic E-state index is -1.01. The molecular weight excluding hydrogens is 126 g/mol. The van der Waals surface area contributed by atoms with E-state index in [9.17, 15) is 0 Å². The zero-order valence-electron chi connectivity index (χ0n) is 4.45. The Morgan fingerprint density at radius 3 is 1.50 bits per heavy atom. The van der Waals surface area contributed by atoms with Gasteiger partial charge in [0.1, 0.15) is 0 Å². The third-order valence-corrected chi connectivity index (χ3v) is 4.15. The topological polar surface area (TPSA) is 12.4 Å². The van der Waals surface area contributed by atoms with Gasteiger partial charge in [0.2, 0.25) is 0 Å². The third kappa shape index (κ3) is 4.73. The van der Waals surface area contributed by atoms with E-state index in [0.717, 1.165) is 0 Å². The van der Waals surface area contributed by atoms with Gasteiger partial charge >= 0.3 is 51.2 Å². The maximum absolute atomic E-state index is 4.16. The average molecular weight is 135 g/mol. The van der Waals surface area contributed by atoms with Crippen LogP contribution in [0, 0.1) is 0 Å². The van der Waals surface area contributed by atoms with Crippen LogP contribution in [0.4, 0.5) is 0 Å². The van der Waals surface area contributed by atoms with Crippen LogP contribution in [-0.2, 0) is 20.3 Å². The van der Waals surface area contributed by atoms with Crippen molar-refractivity contribution < 1.29 is 20.3 Å². The number of hydrogen-bond acceptors (Lipinski definition) is 1. The van der Waals surface area contributed by atoms with E-state index in [1.54, 1.807) is 0 Å². The van der Waals surface area contributed by atoms with Crippen molar-refractivity contribution in [1.82, 2.24) is 0 Å². The van der Waals surface area contributed by atoms with E-state index in [-0.39, 0.29) is 0 Å². The first kappa shape index (κ1) is 6.73. The van der Waals surface area contributed by atoms with Crippen molar-refractivity contribution in [2.45, 2.75) is 19.6 Å². The molecule has 0 aliphatic rings. The number of hydrogen-bond donors (Lipinski definition) is 0. The second-order valence-corrected chi connectivity index (χ2v) is 7.90. The summed E-state index contributed by atoms with van der Waals surface area (Å²) in [5.74, 6) is 0. The minimum absolute atomic E-state index is 1.01. The van der Waals surface area contributed by atoms with Gasteiger partial charge in [0.05, 0.1) is 0 Å². The van der Waals surface area contributed by atoms with Crippen molar-refractivity contribution in [2.24, 2.45) is 3.08 Å². The fraction of sp³-hybridized carbons (Fsp3) is 1.00. The molecule has 0 saturated carbocycles. The van der Waals surface area contributed by atoms with E-state index in [1.807, 2.05) is 20.3 Å². The van der Waals surface area contributed by atoms with Gasteiger partial charge in [-0.2, -0.15) is 0 Å². The summed E-state index contributed by atoms with van der Waals surface area (Å²) in [6.45, 7) is 6.65. The molecule has 0 fully saturated rings. The van der Waals surface area contributed by atoms with Crippen molar-refractivity contribution in [2.75, 3.05) is 0 Å². The first-order valence-electron chi connectivity index (χ1n) is 1.95. The quantitative estimate of drug-likeness (QED) is 0.483. The summed E-state index contributed by atoms with van der Waals surface area (Å²) < 4.78 is 4.16. The summed E-state index contributed by atoms with van der Waals surface area (Å²) in [6, 6.07) is 0. The second kappa shape index (κ2) is 2.15. The van der Waals surface area contributed by atoms with Gasteiger partial charge in [-0.15, -0.1) is 0 Å². The van der Waals surface area contributed by atoms with E-state index in [4.69, 9.17) is 0 Å². The molecule has 0 aromatic rings. The predicted octanol–water partition coefficient (Wildman–Crippen LogP) is 1.55. The molecule has 3 heteroatoms. The second-order valence-electron chi connectivity index (χ2n) is 2.28. The van der Waals surface area contributed by atoms with E-state index >= 15 is 0 Å². The maximum atomic E-state index is 4.16. The molecule has 0 aliphatic carbocycles. The zero-order valence-corrected chi connectivity index (χ0v) is 7.01. The van der Waals surface area contributed by atoms with Gasteiger partial charge in [0, 0.05) is 0 Å². The normalized spacial score (nSPS) is 11.5. The summed E-state index contributed by atoms with van der Waals surface area (Å²) in [5.41, 5.74) is 0. The summed E-state index contributed by atoms with van der Waals surface area (Å²) in [4.78, 5) is 0. The average Bonchev–Trinajstić information content (AvgIpc) is 1.35. The SMILES string of the molecule is C[Si](C)(C)[N]=[Ti+2]. The van der Waals surface area contributed by atoms with Crippen LogP contribution in [0.2, 0.25) is 19.6 Å². The van der Waals surface area contributed by atoms with Gasteiger partial charge in [-0.25, -0.2) is 0 Å². The number of rotatable bonds is 1. The molecule has 0 atom stereocenters. The Kier molecular flexibility index (Phi) is 2.41. The fourth-order valence-corrected chi connectivity index (χ4v) is 0. The Bertz CT molecular complexity index is 56.3. The van der Waals surface area contributed by atoms with Crippen molar-refractivity contribution in [3.63, 3.8) is 0 Å². The summed E-state index contributed by atoms with van der Waals surface area (Å²) in [5, 5.41) is 0. The van der Waals surface area contributed by atoms with Crippen LogP contribution < -0.4 is 0 Å². The van der Waals surface area contributed by atoms with Crippen molar-refractivity contribution in [3.8, 4) is 0 Å². The molecule has 6 heavy (non-hydrogen) atoms. The molecule has 0 spiro atoms. The molecule has 0 aromatic carbocycles. The zero-order chi connectivity index (χ0) is 5.21. The van der Waals surface area contributed by atoms with Crippen LogP contribution in [0.15, 0.2) is 3.08 Å². The Morgan fingerprint density at radius 1 is 1.33 bits per heavy atom. The summed E-state index contributed by atoms with van der Waals surface area (Å²) in [7, 11) is -1.01. The molecule has 0 N–H and O–H groups in total. The molecule has 0 radical (unpaired) electrons. The Balaban J connectivity index is 3.45. The van der Waals surface area contributed by atoms with Crippen molar-refractivity contribution >= 4 is 8.24 Å². The predicted molar refractivity (Wildman–Crippen MR) is 25.8 cm³/mol. The molecule has 1 nitrogen and oxygen atoms in total. The van der Waals surface area contributed by atoms with Crippen LogP contribution in [-0.4, -0.2) is 8.24 Å². The molecule has 0 saturated heterocycles. The number of nitrogens with zero attached hydrogens (tertiary/aromatic N) is 1. The fourth-order valence-electron chi connectivity index (χ4n) is 0. The van der Waals surface area contributed by atoms with Crippen LogP contribution in [0.1, 0.15) is 0 Å². The molecule has 0 bridgehead atoms. The van der Waals surface area contributed by atoms with Gasteiger partial charge in [-0.3, -0.25) is 0 Å². The monoisotopic (exact) mass is 135 g/mol. The van der Waals surface area contributed by atoms with E-state index in [2.05, 4.69) is 22.7 Å². The first-order chi connectivity index (χ1) is 2.56. The standard InChI is InChI=1S/C3H9NSi.Ti/c1-5(2,3)4;/h1-3H3;/q;+2. The van der Waals surface area contributed by atoms with Gasteiger partial charge in [-0.05, 0) is 0 Å². The van der Waals surface area contributed by atoms with Crippen LogP contribution in [0.3, 0.4) is 0 Å². The van der Waals surface area contributed by atoms with Gasteiger partial charge in [0.25, 0.3) is 0 Å². The molecule has 0 amide bonds. The molecule has 0 heterocycles. The van der Waals surface area contributed by atoms with E-state index in [0.29, 0.717) is 0 Å². The Hall–Kier alpha value is 0.731. The Morgan fingerprint density at radius 2 is 1.50 bits per heavy atom.